The molecule has 0 atom stereocenters. The number of carbonyl (C=O) groups excluding carboxylic acids is 1. The highest BCUT2D eigenvalue weighted by molar-refractivity contribution is 5.92. The molecule has 0 unspecified atom stereocenters. The first kappa shape index (κ1) is 13.3. The number of rotatable bonds is 5. The van der Waals surface area contributed by atoms with E-state index in [2.05, 4.69) is 5.32 Å². The number of amides is 1. The van der Waals surface area contributed by atoms with Crippen molar-refractivity contribution in [2.45, 2.75) is 6.42 Å². The lowest BCUT2D eigenvalue weighted by molar-refractivity contribution is 0.0924. The molecule has 2 N–H and O–H groups in total. The first-order chi connectivity index (χ1) is 9.22. The standard InChI is InChI=1S/C14H14FNO3/c15-11-5-2-1-4-10(11)12-6-7-13(19-12)14(18)16-8-3-9-17/h1-2,4-7,17H,3,8-9H2,(H,16,18). The highest BCUT2D eigenvalue weighted by atomic mass is 19.1. The Hall–Kier alpha value is -2.14. The van der Waals surface area contributed by atoms with Crippen LogP contribution in [0.15, 0.2) is 40.8 Å². The van der Waals surface area contributed by atoms with E-state index in [1.165, 1.54) is 12.1 Å². The number of carbonyl (C=O) groups is 1. The molecule has 0 radical (unpaired) electrons. The molecular weight excluding hydrogens is 249 g/mol. The Kier molecular flexibility index (Phi) is 4.30. The number of aliphatic hydroxyl groups excluding tert-OH is 1. The fraction of sp³-hybridized carbons (Fsp3) is 0.214. The average molecular weight is 263 g/mol. The van der Waals surface area contributed by atoms with Gasteiger partial charge in [0.05, 0.1) is 5.56 Å². The van der Waals surface area contributed by atoms with Crippen LogP contribution in [0.3, 0.4) is 0 Å². The maximum atomic E-state index is 13.5. The van der Waals surface area contributed by atoms with Gasteiger partial charge in [0.2, 0.25) is 0 Å². The van der Waals surface area contributed by atoms with Crippen molar-refractivity contribution in [1.82, 2.24) is 5.32 Å². The number of furan rings is 1. The van der Waals surface area contributed by atoms with Gasteiger partial charge in [-0.25, -0.2) is 4.39 Å². The lowest BCUT2D eigenvalue weighted by atomic mass is 10.1. The third-order valence-electron chi connectivity index (χ3n) is 2.59. The molecule has 0 saturated heterocycles. The van der Waals surface area contributed by atoms with Crippen LogP contribution in [0.5, 0.6) is 0 Å². The van der Waals surface area contributed by atoms with E-state index in [1.807, 2.05) is 0 Å². The normalized spacial score (nSPS) is 10.4. The SMILES string of the molecule is O=C(NCCCO)c1ccc(-c2ccccc2F)o1. The Bertz CT molecular complexity index is 565. The molecular formula is C14H14FNO3. The molecule has 0 saturated carbocycles. The number of aliphatic hydroxyl groups is 1. The zero-order valence-corrected chi connectivity index (χ0v) is 10.2. The fourth-order valence-electron chi connectivity index (χ4n) is 1.63. The van der Waals surface area contributed by atoms with Crippen molar-refractivity contribution >= 4 is 5.91 Å². The van der Waals surface area contributed by atoms with E-state index < -0.39 is 5.82 Å². The van der Waals surface area contributed by atoms with Gasteiger partial charge in [-0.3, -0.25) is 4.79 Å². The van der Waals surface area contributed by atoms with Gasteiger partial charge in [-0.2, -0.15) is 0 Å². The second kappa shape index (κ2) is 6.15. The van der Waals surface area contributed by atoms with Gasteiger partial charge < -0.3 is 14.8 Å². The van der Waals surface area contributed by atoms with Gasteiger partial charge in [0.25, 0.3) is 5.91 Å². The van der Waals surface area contributed by atoms with Crippen molar-refractivity contribution in [1.29, 1.82) is 0 Å². The minimum Gasteiger partial charge on any atom is -0.451 e. The summed E-state index contributed by atoms with van der Waals surface area (Å²) in [6, 6.07) is 9.25. The van der Waals surface area contributed by atoms with E-state index >= 15 is 0 Å². The molecule has 2 aromatic rings. The molecule has 4 nitrogen and oxygen atoms in total. The van der Waals surface area contributed by atoms with Gasteiger partial charge in [-0.1, -0.05) is 12.1 Å². The monoisotopic (exact) mass is 263 g/mol. The van der Waals surface area contributed by atoms with E-state index in [4.69, 9.17) is 9.52 Å². The van der Waals surface area contributed by atoms with Crippen LogP contribution in [-0.2, 0) is 0 Å². The summed E-state index contributed by atoms with van der Waals surface area (Å²) in [6.45, 7) is 0.379. The second-order valence-corrected chi connectivity index (χ2v) is 3.98. The zero-order chi connectivity index (χ0) is 13.7. The van der Waals surface area contributed by atoms with Crippen LogP contribution in [0.1, 0.15) is 17.0 Å². The molecule has 0 aliphatic carbocycles. The molecule has 1 amide bonds. The summed E-state index contributed by atoms with van der Waals surface area (Å²) in [7, 11) is 0. The lowest BCUT2D eigenvalue weighted by Crippen LogP contribution is -2.24. The molecule has 1 heterocycles. The van der Waals surface area contributed by atoms with Crippen molar-refractivity contribution in [3.63, 3.8) is 0 Å². The van der Waals surface area contributed by atoms with Crippen LogP contribution in [-0.4, -0.2) is 24.2 Å². The Morgan fingerprint density at radius 1 is 1.26 bits per heavy atom. The van der Waals surface area contributed by atoms with E-state index in [1.54, 1.807) is 24.3 Å². The summed E-state index contributed by atoms with van der Waals surface area (Å²) in [4.78, 5) is 11.7. The van der Waals surface area contributed by atoms with Crippen LogP contribution >= 0.6 is 0 Å². The summed E-state index contributed by atoms with van der Waals surface area (Å²) in [6.07, 6.45) is 0.479. The fourth-order valence-corrected chi connectivity index (χ4v) is 1.63. The Balaban J connectivity index is 2.11. The van der Waals surface area contributed by atoms with Gasteiger partial charge >= 0.3 is 0 Å². The molecule has 0 spiro atoms. The molecule has 1 aromatic heterocycles. The molecule has 0 bridgehead atoms. The molecule has 0 aliphatic rings. The molecule has 2 rings (SSSR count). The topological polar surface area (TPSA) is 62.5 Å². The smallest absolute Gasteiger partial charge is 0.287 e. The zero-order valence-electron chi connectivity index (χ0n) is 10.2. The predicted octanol–water partition coefficient (Wildman–Crippen LogP) is 2.20. The first-order valence-corrected chi connectivity index (χ1v) is 5.96. The van der Waals surface area contributed by atoms with Crippen LogP contribution in [0.4, 0.5) is 4.39 Å². The number of hydrogen-bond donors (Lipinski definition) is 2. The predicted molar refractivity (Wildman–Crippen MR) is 68.1 cm³/mol. The first-order valence-electron chi connectivity index (χ1n) is 5.96. The maximum absolute atomic E-state index is 13.5. The van der Waals surface area contributed by atoms with Crippen molar-refractivity contribution < 1.29 is 18.7 Å². The summed E-state index contributed by atoms with van der Waals surface area (Å²) < 4.78 is 18.9. The van der Waals surface area contributed by atoms with Crippen molar-refractivity contribution in [2.75, 3.05) is 13.2 Å². The van der Waals surface area contributed by atoms with Crippen LogP contribution in [0.2, 0.25) is 0 Å². The molecule has 100 valence electrons. The van der Waals surface area contributed by atoms with E-state index in [-0.39, 0.29) is 18.3 Å². The average Bonchev–Trinajstić information content (AvgIpc) is 2.89. The third kappa shape index (κ3) is 3.20. The minimum atomic E-state index is -0.399. The molecule has 0 fully saturated rings. The summed E-state index contributed by atoms with van der Waals surface area (Å²) in [5, 5.41) is 11.2. The van der Waals surface area contributed by atoms with Crippen molar-refractivity contribution in [2.24, 2.45) is 0 Å². The number of nitrogens with one attached hydrogen (secondary N) is 1. The van der Waals surface area contributed by atoms with Gasteiger partial charge in [-0.15, -0.1) is 0 Å². The molecule has 5 heteroatoms. The summed E-state index contributed by atoms with van der Waals surface area (Å²) >= 11 is 0. The summed E-state index contributed by atoms with van der Waals surface area (Å²) in [5.74, 6) is -0.346. The lowest BCUT2D eigenvalue weighted by Gasteiger charge is -2.01. The van der Waals surface area contributed by atoms with Crippen molar-refractivity contribution in [3.05, 3.63) is 48.0 Å². The molecule has 0 aliphatic heterocycles. The quantitative estimate of drug-likeness (QED) is 0.813. The molecule has 1 aromatic carbocycles. The maximum Gasteiger partial charge on any atom is 0.287 e. The minimum absolute atomic E-state index is 0.0128. The van der Waals surface area contributed by atoms with Crippen molar-refractivity contribution in [3.8, 4) is 11.3 Å². The van der Waals surface area contributed by atoms with Crippen LogP contribution in [0.25, 0.3) is 11.3 Å². The Morgan fingerprint density at radius 2 is 2.05 bits per heavy atom. The van der Waals surface area contributed by atoms with E-state index in [9.17, 15) is 9.18 Å². The number of halogens is 1. The third-order valence-corrected chi connectivity index (χ3v) is 2.59. The highest BCUT2D eigenvalue weighted by Gasteiger charge is 2.13. The van der Waals surface area contributed by atoms with Crippen LogP contribution < -0.4 is 5.32 Å². The van der Waals surface area contributed by atoms with E-state index in [0.29, 0.717) is 24.3 Å². The highest BCUT2D eigenvalue weighted by Crippen LogP contribution is 2.24. The van der Waals surface area contributed by atoms with Crippen LogP contribution in [0, 0.1) is 5.82 Å². The number of benzene rings is 1. The van der Waals surface area contributed by atoms with Gasteiger partial charge in [-0.05, 0) is 30.7 Å². The number of hydrogen-bond acceptors (Lipinski definition) is 3. The molecule has 19 heavy (non-hydrogen) atoms. The Labute approximate surface area is 109 Å². The van der Waals surface area contributed by atoms with Gasteiger partial charge in [0.1, 0.15) is 11.6 Å². The largest absolute Gasteiger partial charge is 0.451 e. The van der Waals surface area contributed by atoms with Gasteiger partial charge in [0, 0.05) is 13.2 Å². The summed E-state index contributed by atoms with van der Waals surface area (Å²) in [5.41, 5.74) is 0.317. The van der Waals surface area contributed by atoms with Gasteiger partial charge in [0.15, 0.2) is 5.76 Å². The Morgan fingerprint density at radius 3 is 2.79 bits per heavy atom. The second-order valence-electron chi connectivity index (χ2n) is 3.98. The van der Waals surface area contributed by atoms with E-state index in [0.717, 1.165) is 0 Å².